The van der Waals surface area contributed by atoms with Crippen molar-refractivity contribution in [3.05, 3.63) is 36.5 Å². The van der Waals surface area contributed by atoms with Crippen molar-refractivity contribution in [1.29, 1.82) is 0 Å². The molecule has 0 aliphatic heterocycles. The summed E-state index contributed by atoms with van der Waals surface area (Å²) in [5.41, 5.74) is 0.706. The van der Waals surface area contributed by atoms with Crippen LogP contribution in [-0.4, -0.2) is 23.2 Å². The van der Waals surface area contributed by atoms with Crippen LogP contribution in [0.1, 0.15) is 19.0 Å². The quantitative estimate of drug-likeness (QED) is 0.723. The van der Waals surface area contributed by atoms with Gasteiger partial charge in [0.25, 0.3) is 0 Å². The number of hydrogen-bond donors (Lipinski definition) is 1. The van der Waals surface area contributed by atoms with Crippen molar-refractivity contribution < 1.29 is 5.11 Å². The van der Waals surface area contributed by atoms with Crippen molar-refractivity contribution in [3.8, 4) is 0 Å². The molecule has 3 nitrogen and oxygen atoms in total. The molecule has 82 valence electrons. The zero-order chi connectivity index (χ0) is 11.1. The van der Waals surface area contributed by atoms with Gasteiger partial charge in [0.2, 0.25) is 0 Å². The second-order valence-electron chi connectivity index (χ2n) is 3.38. The number of rotatable bonds is 6. The Labute approximate surface area is 91.1 Å². The third-order valence-corrected chi connectivity index (χ3v) is 2.12. The van der Waals surface area contributed by atoms with E-state index in [0.29, 0.717) is 5.69 Å². The molecular weight excluding hydrogens is 188 g/mol. The lowest BCUT2D eigenvalue weighted by molar-refractivity contribution is 0.277. The summed E-state index contributed by atoms with van der Waals surface area (Å²) >= 11 is 0. The molecule has 0 fully saturated rings. The van der Waals surface area contributed by atoms with Gasteiger partial charge in [-0.2, -0.15) is 0 Å². The molecule has 0 saturated heterocycles. The van der Waals surface area contributed by atoms with E-state index in [0.717, 1.165) is 25.3 Å². The fraction of sp³-hybridized carbons (Fsp3) is 0.417. The van der Waals surface area contributed by atoms with E-state index in [2.05, 4.69) is 23.4 Å². The topological polar surface area (TPSA) is 36.4 Å². The van der Waals surface area contributed by atoms with Gasteiger partial charge in [-0.1, -0.05) is 19.1 Å². The molecule has 0 bridgehead atoms. The molecule has 1 aromatic heterocycles. The van der Waals surface area contributed by atoms with Crippen LogP contribution in [0.2, 0.25) is 0 Å². The largest absolute Gasteiger partial charge is 0.390 e. The summed E-state index contributed by atoms with van der Waals surface area (Å²) in [6.45, 7) is 7.59. The van der Waals surface area contributed by atoms with Gasteiger partial charge in [0.1, 0.15) is 5.82 Å². The Hall–Kier alpha value is -1.35. The van der Waals surface area contributed by atoms with E-state index in [4.69, 9.17) is 5.11 Å². The van der Waals surface area contributed by atoms with Gasteiger partial charge in [-0.05, 0) is 18.6 Å². The van der Waals surface area contributed by atoms with Crippen molar-refractivity contribution in [2.24, 2.45) is 0 Å². The van der Waals surface area contributed by atoms with E-state index >= 15 is 0 Å². The molecule has 1 N–H and O–H groups in total. The average molecular weight is 206 g/mol. The Morgan fingerprint density at radius 3 is 2.93 bits per heavy atom. The third-order valence-electron chi connectivity index (χ3n) is 2.12. The number of hydrogen-bond acceptors (Lipinski definition) is 3. The SMILES string of the molecule is C=CCN(CCC)c1cccc(CO)n1. The molecule has 0 radical (unpaired) electrons. The van der Waals surface area contributed by atoms with Gasteiger partial charge >= 0.3 is 0 Å². The minimum atomic E-state index is -0.0120. The van der Waals surface area contributed by atoms with Gasteiger partial charge in [-0.15, -0.1) is 6.58 Å². The van der Waals surface area contributed by atoms with Gasteiger partial charge in [-0.3, -0.25) is 0 Å². The van der Waals surface area contributed by atoms with Gasteiger partial charge < -0.3 is 10.0 Å². The zero-order valence-corrected chi connectivity index (χ0v) is 9.19. The highest BCUT2D eigenvalue weighted by Crippen LogP contribution is 2.11. The summed E-state index contributed by atoms with van der Waals surface area (Å²) in [5, 5.41) is 9.00. The van der Waals surface area contributed by atoms with Crippen LogP contribution in [0.25, 0.3) is 0 Å². The van der Waals surface area contributed by atoms with Gasteiger partial charge in [-0.25, -0.2) is 4.98 Å². The normalized spacial score (nSPS) is 10.0. The predicted molar refractivity (Wildman–Crippen MR) is 62.9 cm³/mol. The van der Waals surface area contributed by atoms with Crippen LogP contribution in [0.4, 0.5) is 5.82 Å². The molecule has 0 spiro atoms. The minimum Gasteiger partial charge on any atom is -0.390 e. The summed E-state index contributed by atoms with van der Waals surface area (Å²) in [6.07, 6.45) is 2.93. The number of aromatic nitrogens is 1. The first-order valence-electron chi connectivity index (χ1n) is 5.24. The van der Waals surface area contributed by atoms with E-state index in [1.54, 1.807) is 0 Å². The van der Waals surface area contributed by atoms with Crippen LogP contribution in [-0.2, 0) is 6.61 Å². The monoisotopic (exact) mass is 206 g/mol. The van der Waals surface area contributed by atoms with Gasteiger partial charge in [0, 0.05) is 13.1 Å². The van der Waals surface area contributed by atoms with E-state index in [-0.39, 0.29) is 6.61 Å². The van der Waals surface area contributed by atoms with Crippen molar-refractivity contribution in [1.82, 2.24) is 4.98 Å². The molecule has 0 aliphatic rings. The Balaban J connectivity index is 2.83. The molecule has 0 aromatic carbocycles. The molecule has 3 heteroatoms. The summed E-state index contributed by atoms with van der Waals surface area (Å²) in [5.74, 6) is 0.906. The van der Waals surface area contributed by atoms with Crippen molar-refractivity contribution in [2.45, 2.75) is 20.0 Å². The molecule has 0 unspecified atom stereocenters. The van der Waals surface area contributed by atoms with Crippen LogP contribution in [0.5, 0.6) is 0 Å². The molecule has 0 amide bonds. The molecular formula is C12H18N2O. The van der Waals surface area contributed by atoms with Crippen molar-refractivity contribution >= 4 is 5.82 Å². The van der Waals surface area contributed by atoms with E-state index in [1.807, 2.05) is 24.3 Å². The van der Waals surface area contributed by atoms with Crippen molar-refractivity contribution in [3.63, 3.8) is 0 Å². The maximum atomic E-state index is 9.00. The Morgan fingerprint density at radius 2 is 2.33 bits per heavy atom. The van der Waals surface area contributed by atoms with Crippen LogP contribution in [0.15, 0.2) is 30.9 Å². The molecule has 0 aliphatic carbocycles. The van der Waals surface area contributed by atoms with Gasteiger partial charge in [0.15, 0.2) is 0 Å². The Morgan fingerprint density at radius 1 is 1.53 bits per heavy atom. The predicted octanol–water partition coefficient (Wildman–Crippen LogP) is 1.98. The molecule has 1 aromatic rings. The van der Waals surface area contributed by atoms with E-state index < -0.39 is 0 Å². The molecule has 1 heterocycles. The fourth-order valence-corrected chi connectivity index (χ4v) is 1.46. The summed E-state index contributed by atoms with van der Waals surface area (Å²) in [7, 11) is 0. The average Bonchev–Trinajstić information content (AvgIpc) is 2.29. The maximum Gasteiger partial charge on any atom is 0.129 e. The smallest absolute Gasteiger partial charge is 0.129 e. The standard InChI is InChI=1S/C12H18N2O/c1-3-8-14(9-4-2)12-7-5-6-11(10-15)13-12/h3,5-7,15H,1,4,8-10H2,2H3. The second kappa shape index (κ2) is 6.19. The highest BCUT2D eigenvalue weighted by molar-refractivity contribution is 5.39. The summed E-state index contributed by atoms with van der Waals surface area (Å²) in [6, 6.07) is 5.69. The third kappa shape index (κ3) is 3.36. The molecule has 0 atom stereocenters. The number of aliphatic hydroxyl groups is 1. The first-order valence-corrected chi connectivity index (χ1v) is 5.24. The van der Waals surface area contributed by atoms with E-state index in [1.165, 1.54) is 0 Å². The molecule has 15 heavy (non-hydrogen) atoms. The lowest BCUT2D eigenvalue weighted by Gasteiger charge is -2.21. The van der Waals surface area contributed by atoms with Gasteiger partial charge in [0.05, 0.1) is 12.3 Å². The summed E-state index contributed by atoms with van der Waals surface area (Å²) in [4.78, 5) is 6.50. The highest BCUT2D eigenvalue weighted by atomic mass is 16.3. The Kier molecular flexibility index (Phi) is 4.84. The van der Waals surface area contributed by atoms with Crippen molar-refractivity contribution in [2.75, 3.05) is 18.0 Å². The lowest BCUT2D eigenvalue weighted by Crippen LogP contribution is -2.25. The zero-order valence-electron chi connectivity index (χ0n) is 9.19. The van der Waals surface area contributed by atoms with E-state index in [9.17, 15) is 0 Å². The number of pyridine rings is 1. The number of nitrogens with zero attached hydrogens (tertiary/aromatic N) is 2. The first kappa shape index (κ1) is 11.7. The number of anilines is 1. The highest BCUT2D eigenvalue weighted by Gasteiger charge is 2.05. The molecule has 1 rings (SSSR count). The van der Waals surface area contributed by atoms with Crippen LogP contribution in [0.3, 0.4) is 0 Å². The second-order valence-corrected chi connectivity index (χ2v) is 3.38. The fourth-order valence-electron chi connectivity index (χ4n) is 1.46. The number of aliphatic hydroxyl groups excluding tert-OH is 1. The Bertz CT molecular complexity index is 312. The summed E-state index contributed by atoms with van der Waals surface area (Å²) < 4.78 is 0. The first-order chi connectivity index (χ1) is 7.31. The van der Waals surface area contributed by atoms with Crippen LogP contribution in [0, 0.1) is 0 Å². The minimum absolute atomic E-state index is 0.0120. The lowest BCUT2D eigenvalue weighted by atomic mass is 10.3. The van der Waals surface area contributed by atoms with Crippen LogP contribution >= 0.6 is 0 Å². The van der Waals surface area contributed by atoms with Crippen LogP contribution < -0.4 is 4.90 Å². The molecule has 0 saturated carbocycles. The maximum absolute atomic E-state index is 9.00.